The Labute approximate surface area is 244 Å². The number of aliphatic hydroxyl groups excluding tert-OH is 2. The number of halogens is 4. The lowest BCUT2D eigenvalue weighted by Gasteiger charge is -2.38. The van der Waals surface area contributed by atoms with Crippen molar-refractivity contribution in [1.82, 2.24) is 0 Å². The van der Waals surface area contributed by atoms with E-state index in [1.807, 2.05) is 20.5 Å². The summed E-state index contributed by atoms with van der Waals surface area (Å²) in [4.78, 5) is 16.0. The minimum Gasteiger partial charge on any atom is -0.400 e. The van der Waals surface area contributed by atoms with E-state index >= 15 is 8.78 Å². The van der Waals surface area contributed by atoms with Gasteiger partial charge in [-0.15, -0.1) is 6.58 Å². The van der Waals surface area contributed by atoms with Crippen LogP contribution in [0.5, 0.6) is 0 Å². The predicted octanol–water partition coefficient (Wildman–Crippen LogP) is 8.49. The zero-order valence-electron chi connectivity index (χ0n) is 25.3. The summed E-state index contributed by atoms with van der Waals surface area (Å²) in [6.45, 7) is 15.9. The van der Waals surface area contributed by atoms with E-state index < -0.39 is 23.3 Å². The third-order valence-electron chi connectivity index (χ3n) is 7.58. The van der Waals surface area contributed by atoms with Crippen LogP contribution in [0, 0.1) is 17.8 Å². The van der Waals surface area contributed by atoms with Gasteiger partial charge in [0.25, 0.3) is 0 Å². The minimum atomic E-state index is -4.18. The summed E-state index contributed by atoms with van der Waals surface area (Å²) < 4.78 is 60.2. The minimum absolute atomic E-state index is 0.0390. The summed E-state index contributed by atoms with van der Waals surface area (Å²) in [6.07, 6.45) is 8.57. The molecule has 1 aliphatic rings. The van der Waals surface area contributed by atoms with E-state index in [-0.39, 0.29) is 25.4 Å². The van der Waals surface area contributed by atoms with E-state index in [1.165, 1.54) is 12.1 Å². The van der Waals surface area contributed by atoms with Crippen molar-refractivity contribution in [1.29, 1.82) is 0 Å². The van der Waals surface area contributed by atoms with E-state index in [1.54, 1.807) is 12.1 Å². The highest BCUT2D eigenvalue weighted by atomic mass is 19.3. The van der Waals surface area contributed by atoms with Gasteiger partial charge in [0.1, 0.15) is 13.6 Å². The zero-order valence-corrected chi connectivity index (χ0v) is 25.3. The second kappa shape index (κ2) is 22.3. The number of alkyl halides is 4. The van der Waals surface area contributed by atoms with Crippen LogP contribution in [-0.4, -0.2) is 43.4 Å². The summed E-state index contributed by atoms with van der Waals surface area (Å²) in [5.74, 6) is -8.96. The molecule has 41 heavy (non-hydrogen) atoms. The van der Waals surface area contributed by atoms with E-state index in [2.05, 4.69) is 20.1 Å². The maximum Gasteiger partial charge on any atom is 0.335 e. The molecule has 1 fully saturated rings. The Bertz CT molecular complexity index is 832. The molecule has 0 aliphatic heterocycles. The summed E-state index contributed by atoms with van der Waals surface area (Å²) in [6, 6.07) is 5.50. The van der Waals surface area contributed by atoms with E-state index in [4.69, 9.17) is 14.7 Å². The molecular weight excluding hydrogens is 536 g/mol. The summed E-state index contributed by atoms with van der Waals surface area (Å²) in [5.41, 5.74) is 2.18. The van der Waals surface area contributed by atoms with Gasteiger partial charge in [-0.05, 0) is 82.1 Å². The van der Waals surface area contributed by atoms with Gasteiger partial charge in [0, 0.05) is 18.6 Å². The van der Waals surface area contributed by atoms with Gasteiger partial charge >= 0.3 is 11.8 Å². The Morgan fingerprint density at radius 3 is 1.93 bits per heavy atom. The highest BCUT2D eigenvalue weighted by Crippen LogP contribution is 2.52. The standard InChI is InChI=1S/C30H44F4O.CH4O.2CH2O/c1-5-6-7-8-24-11-15-27(16-12-24)29(31,32)30(33,34)28-17-13-25(14-18-28)9-10-26(19-22(2)3)20-23(4)21-35;3*1-2/h11-12,15-16,25-26,28,35H,2,4-10,13-14,17-21H2,1,3H3;2H,1H3;2*1H2. The van der Waals surface area contributed by atoms with Gasteiger partial charge in [-0.1, -0.05) is 68.2 Å². The number of carbonyl (C=O) groups excluding carboxylic acids is 2. The van der Waals surface area contributed by atoms with Crippen LogP contribution >= 0.6 is 0 Å². The smallest absolute Gasteiger partial charge is 0.335 e. The molecule has 0 radical (unpaired) electrons. The van der Waals surface area contributed by atoms with Gasteiger partial charge in [0.05, 0.1) is 6.61 Å². The third kappa shape index (κ3) is 13.9. The van der Waals surface area contributed by atoms with Crippen LogP contribution in [0.4, 0.5) is 17.6 Å². The number of benzene rings is 1. The predicted molar refractivity (Wildman–Crippen MR) is 159 cm³/mol. The van der Waals surface area contributed by atoms with E-state index in [9.17, 15) is 13.9 Å². The van der Waals surface area contributed by atoms with Crippen molar-refractivity contribution in [3.8, 4) is 0 Å². The molecule has 1 unspecified atom stereocenters. The molecule has 0 spiro atoms. The zero-order chi connectivity index (χ0) is 32.1. The quantitative estimate of drug-likeness (QED) is 0.122. The molecule has 0 amide bonds. The van der Waals surface area contributed by atoms with Crippen molar-refractivity contribution in [3.05, 3.63) is 59.7 Å². The fourth-order valence-electron chi connectivity index (χ4n) is 5.44. The molecule has 4 nitrogen and oxygen atoms in total. The van der Waals surface area contributed by atoms with Crippen LogP contribution in [-0.2, 0) is 21.9 Å². The molecule has 236 valence electrons. The maximum atomic E-state index is 15.1. The topological polar surface area (TPSA) is 74.6 Å². The molecule has 1 atom stereocenters. The van der Waals surface area contributed by atoms with Crippen molar-refractivity contribution in [2.45, 2.75) is 103 Å². The van der Waals surface area contributed by atoms with Gasteiger partial charge in [-0.3, -0.25) is 0 Å². The third-order valence-corrected chi connectivity index (χ3v) is 7.58. The van der Waals surface area contributed by atoms with Gasteiger partial charge < -0.3 is 19.8 Å². The Kier molecular flexibility index (Phi) is 22.2. The van der Waals surface area contributed by atoms with Crippen molar-refractivity contribution >= 4 is 13.6 Å². The van der Waals surface area contributed by atoms with Crippen molar-refractivity contribution < 1.29 is 37.4 Å². The highest BCUT2D eigenvalue weighted by Gasteiger charge is 2.61. The highest BCUT2D eigenvalue weighted by molar-refractivity contribution is 5.28. The first-order chi connectivity index (χ1) is 19.5. The number of hydrogen-bond acceptors (Lipinski definition) is 4. The molecular formula is C33H52F4O4. The van der Waals surface area contributed by atoms with E-state index in [0.717, 1.165) is 75.2 Å². The second-order valence-electron chi connectivity index (χ2n) is 10.8. The maximum absolute atomic E-state index is 15.1. The monoisotopic (exact) mass is 588 g/mol. The van der Waals surface area contributed by atoms with Gasteiger partial charge in [-0.25, -0.2) is 0 Å². The Morgan fingerprint density at radius 1 is 0.927 bits per heavy atom. The number of aryl methyl sites for hydroxylation is 1. The molecule has 1 aliphatic carbocycles. The molecule has 1 aromatic rings. The average Bonchev–Trinajstić information content (AvgIpc) is 2.99. The molecule has 8 heteroatoms. The molecule has 0 heterocycles. The molecule has 1 saturated carbocycles. The first kappa shape index (κ1) is 40.8. The van der Waals surface area contributed by atoms with Crippen LogP contribution in [0.15, 0.2) is 48.6 Å². The summed E-state index contributed by atoms with van der Waals surface area (Å²) in [5, 5.41) is 16.3. The van der Waals surface area contributed by atoms with Gasteiger partial charge in [0.2, 0.25) is 0 Å². The number of allylic oxidation sites excluding steroid dienone is 1. The van der Waals surface area contributed by atoms with Gasteiger partial charge in [0.15, 0.2) is 0 Å². The fourth-order valence-corrected chi connectivity index (χ4v) is 5.44. The van der Waals surface area contributed by atoms with E-state index in [0.29, 0.717) is 18.8 Å². The van der Waals surface area contributed by atoms with Crippen molar-refractivity contribution in [3.63, 3.8) is 0 Å². The lowest BCUT2D eigenvalue weighted by Crippen LogP contribution is -2.45. The lowest BCUT2D eigenvalue weighted by atomic mass is 9.74. The number of aliphatic hydroxyl groups is 2. The van der Waals surface area contributed by atoms with Crippen LogP contribution in [0.3, 0.4) is 0 Å². The summed E-state index contributed by atoms with van der Waals surface area (Å²) in [7, 11) is 1.00. The molecule has 2 rings (SSSR count). The van der Waals surface area contributed by atoms with Crippen LogP contribution in [0.25, 0.3) is 0 Å². The number of rotatable bonds is 15. The Hall–Kier alpha value is -2.32. The summed E-state index contributed by atoms with van der Waals surface area (Å²) >= 11 is 0. The van der Waals surface area contributed by atoms with Gasteiger partial charge in [-0.2, -0.15) is 17.6 Å². The number of unbranched alkanes of at least 4 members (excludes halogenated alkanes) is 2. The van der Waals surface area contributed by atoms with Crippen molar-refractivity contribution in [2.75, 3.05) is 13.7 Å². The van der Waals surface area contributed by atoms with Crippen LogP contribution in [0.2, 0.25) is 0 Å². The normalized spacial score (nSPS) is 17.4. The second-order valence-corrected chi connectivity index (χ2v) is 10.8. The van der Waals surface area contributed by atoms with Crippen LogP contribution < -0.4 is 0 Å². The molecule has 1 aromatic carbocycles. The molecule has 2 N–H and O–H groups in total. The SMILES string of the molecule is C=C(C)CC(CCC1CCC(C(F)(F)C(F)(F)c2ccc(CCCCC)cc2)CC1)CC(=C)CO.C=O.C=O.CO. The molecule has 0 bridgehead atoms. The number of hydrogen-bond donors (Lipinski definition) is 2. The number of carbonyl (C=O) groups is 2. The largest absolute Gasteiger partial charge is 0.400 e. The average molecular weight is 589 g/mol. The van der Waals surface area contributed by atoms with Crippen LogP contribution in [0.1, 0.15) is 95.6 Å². The first-order valence-electron chi connectivity index (χ1n) is 14.3. The molecule has 0 aromatic heterocycles. The fraction of sp³-hybridized carbons (Fsp3) is 0.636. The lowest BCUT2D eigenvalue weighted by molar-refractivity contribution is -0.249. The van der Waals surface area contributed by atoms with Crippen molar-refractivity contribution in [2.24, 2.45) is 17.8 Å². The Balaban J connectivity index is 0. The Morgan fingerprint density at radius 2 is 1.46 bits per heavy atom. The first-order valence-corrected chi connectivity index (χ1v) is 14.3. The molecule has 0 saturated heterocycles.